The lowest BCUT2D eigenvalue weighted by atomic mass is 10.2. The lowest BCUT2D eigenvalue weighted by Gasteiger charge is -2.05. The Morgan fingerprint density at radius 3 is 2.93 bits per heavy atom. The molecule has 1 aromatic heterocycles. The van der Waals surface area contributed by atoms with Crippen LogP contribution >= 0.6 is 11.6 Å². The average Bonchev–Trinajstić information content (AvgIpc) is 2.59. The lowest BCUT2D eigenvalue weighted by Crippen LogP contribution is -1.97. The highest BCUT2D eigenvalue weighted by Crippen LogP contribution is 2.24. The quantitative estimate of drug-likeness (QED) is 0.849. The van der Waals surface area contributed by atoms with Crippen LogP contribution in [0.3, 0.4) is 0 Å². The molecule has 0 aliphatic heterocycles. The third-order valence-electron chi connectivity index (χ3n) is 2.23. The molecule has 78 valence electrons. The fourth-order valence-corrected chi connectivity index (χ4v) is 1.78. The second kappa shape index (κ2) is 3.95. The van der Waals surface area contributed by atoms with Crippen molar-refractivity contribution in [3.63, 3.8) is 0 Å². The monoisotopic (exact) mass is 222 g/mol. The molecule has 0 unspecified atom stereocenters. The molecule has 0 saturated heterocycles. The van der Waals surface area contributed by atoms with Crippen molar-refractivity contribution in [3.8, 4) is 17.1 Å². The van der Waals surface area contributed by atoms with E-state index in [1.54, 1.807) is 24.4 Å². The van der Waals surface area contributed by atoms with Crippen LogP contribution in [0.4, 0.5) is 0 Å². The summed E-state index contributed by atoms with van der Waals surface area (Å²) in [4.78, 5) is 4.22. The van der Waals surface area contributed by atoms with E-state index in [0.717, 1.165) is 17.9 Å². The molecule has 0 atom stereocenters. The van der Waals surface area contributed by atoms with Crippen LogP contribution in [-0.4, -0.2) is 14.7 Å². The summed E-state index contributed by atoms with van der Waals surface area (Å²) in [5.41, 5.74) is 0.865. The summed E-state index contributed by atoms with van der Waals surface area (Å²) in [5.74, 6) is 1.01. The SMILES string of the molecule is CCn1c(Cl)cnc1-c1cccc(O)c1. The Morgan fingerprint density at radius 2 is 2.27 bits per heavy atom. The van der Waals surface area contributed by atoms with Crippen LogP contribution < -0.4 is 0 Å². The predicted octanol–water partition coefficient (Wildman–Crippen LogP) is 2.93. The molecule has 2 rings (SSSR count). The number of aromatic nitrogens is 2. The number of halogens is 1. The first-order valence-electron chi connectivity index (χ1n) is 4.72. The molecule has 1 heterocycles. The number of nitrogens with zero attached hydrogens (tertiary/aromatic N) is 2. The number of hydrogen-bond acceptors (Lipinski definition) is 2. The highest BCUT2D eigenvalue weighted by Gasteiger charge is 2.08. The van der Waals surface area contributed by atoms with E-state index in [1.165, 1.54) is 0 Å². The molecule has 1 N–H and O–H groups in total. The Morgan fingerprint density at radius 1 is 1.47 bits per heavy atom. The third kappa shape index (κ3) is 1.83. The van der Waals surface area contributed by atoms with E-state index in [9.17, 15) is 5.11 Å². The molecule has 0 aliphatic rings. The molecular weight excluding hydrogens is 212 g/mol. The van der Waals surface area contributed by atoms with E-state index < -0.39 is 0 Å². The van der Waals surface area contributed by atoms with Crippen molar-refractivity contribution < 1.29 is 5.11 Å². The first-order chi connectivity index (χ1) is 7.22. The van der Waals surface area contributed by atoms with Gasteiger partial charge in [-0.3, -0.25) is 0 Å². The second-order valence-electron chi connectivity index (χ2n) is 3.20. The molecular formula is C11H11ClN2O. The number of hydrogen-bond donors (Lipinski definition) is 1. The highest BCUT2D eigenvalue weighted by molar-refractivity contribution is 6.29. The van der Waals surface area contributed by atoms with Crippen LogP contribution in [0.15, 0.2) is 30.5 Å². The van der Waals surface area contributed by atoms with E-state index in [0.29, 0.717) is 5.15 Å². The van der Waals surface area contributed by atoms with Gasteiger partial charge in [0.2, 0.25) is 0 Å². The van der Waals surface area contributed by atoms with Gasteiger partial charge in [-0.05, 0) is 19.1 Å². The van der Waals surface area contributed by atoms with Crippen molar-refractivity contribution in [3.05, 3.63) is 35.6 Å². The van der Waals surface area contributed by atoms with Gasteiger partial charge in [0.15, 0.2) is 0 Å². The molecule has 0 saturated carbocycles. The van der Waals surface area contributed by atoms with Gasteiger partial charge in [0, 0.05) is 12.1 Å². The lowest BCUT2D eigenvalue weighted by molar-refractivity contribution is 0.475. The summed E-state index contributed by atoms with van der Waals surface area (Å²) in [6.45, 7) is 2.75. The van der Waals surface area contributed by atoms with E-state index in [4.69, 9.17) is 11.6 Å². The summed E-state index contributed by atoms with van der Waals surface area (Å²) in [7, 11) is 0. The molecule has 0 spiro atoms. The van der Waals surface area contributed by atoms with Gasteiger partial charge in [0.1, 0.15) is 16.7 Å². The maximum Gasteiger partial charge on any atom is 0.141 e. The molecule has 4 heteroatoms. The minimum absolute atomic E-state index is 0.231. The van der Waals surface area contributed by atoms with Crippen molar-refractivity contribution in [1.82, 2.24) is 9.55 Å². The van der Waals surface area contributed by atoms with E-state index >= 15 is 0 Å². The van der Waals surface area contributed by atoms with Crippen LogP contribution in [0.2, 0.25) is 5.15 Å². The van der Waals surface area contributed by atoms with E-state index in [-0.39, 0.29) is 5.75 Å². The standard InChI is InChI=1S/C11H11ClN2O/c1-2-14-10(12)7-13-11(14)8-4-3-5-9(15)6-8/h3-7,15H,2H2,1H3. The van der Waals surface area contributed by atoms with Gasteiger partial charge in [-0.2, -0.15) is 0 Å². The molecule has 15 heavy (non-hydrogen) atoms. The predicted molar refractivity (Wildman–Crippen MR) is 60.0 cm³/mol. The number of phenols is 1. The number of imidazole rings is 1. The Hall–Kier alpha value is -1.48. The molecule has 1 aromatic carbocycles. The Labute approximate surface area is 93.0 Å². The largest absolute Gasteiger partial charge is 0.508 e. The molecule has 2 aromatic rings. The minimum Gasteiger partial charge on any atom is -0.508 e. The van der Waals surface area contributed by atoms with Gasteiger partial charge in [-0.1, -0.05) is 23.7 Å². The van der Waals surface area contributed by atoms with Crippen LogP contribution in [0, 0.1) is 0 Å². The van der Waals surface area contributed by atoms with Crippen LogP contribution in [0.25, 0.3) is 11.4 Å². The van der Waals surface area contributed by atoms with E-state index in [2.05, 4.69) is 4.98 Å². The topological polar surface area (TPSA) is 38.0 Å². The number of phenolic OH excluding ortho intramolecular Hbond substituents is 1. The fourth-order valence-electron chi connectivity index (χ4n) is 1.53. The summed E-state index contributed by atoms with van der Waals surface area (Å²) < 4.78 is 1.89. The number of rotatable bonds is 2. The second-order valence-corrected chi connectivity index (χ2v) is 3.59. The van der Waals surface area contributed by atoms with Crippen molar-refractivity contribution in [1.29, 1.82) is 0 Å². The Balaban J connectivity index is 2.54. The summed E-state index contributed by atoms with van der Waals surface area (Å²) in [5, 5.41) is 9.98. The first-order valence-corrected chi connectivity index (χ1v) is 5.10. The summed E-state index contributed by atoms with van der Waals surface area (Å²) in [6, 6.07) is 6.98. The van der Waals surface area contributed by atoms with Gasteiger partial charge >= 0.3 is 0 Å². The average molecular weight is 223 g/mol. The fraction of sp³-hybridized carbons (Fsp3) is 0.182. The molecule has 0 aliphatic carbocycles. The summed E-state index contributed by atoms with van der Waals surface area (Å²) >= 11 is 5.97. The van der Waals surface area contributed by atoms with Crippen molar-refractivity contribution in [2.75, 3.05) is 0 Å². The van der Waals surface area contributed by atoms with Gasteiger partial charge < -0.3 is 9.67 Å². The number of benzene rings is 1. The minimum atomic E-state index is 0.231. The molecule has 0 amide bonds. The van der Waals surface area contributed by atoms with Crippen LogP contribution in [-0.2, 0) is 6.54 Å². The van der Waals surface area contributed by atoms with Gasteiger partial charge in [0.25, 0.3) is 0 Å². The summed E-state index contributed by atoms with van der Waals surface area (Å²) in [6.07, 6.45) is 1.62. The maximum atomic E-state index is 9.37. The molecule has 0 fully saturated rings. The zero-order valence-electron chi connectivity index (χ0n) is 8.31. The third-order valence-corrected chi connectivity index (χ3v) is 2.53. The number of aromatic hydroxyl groups is 1. The van der Waals surface area contributed by atoms with Gasteiger partial charge in [0.05, 0.1) is 6.20 Å². The Bertz CT molecular complexity index is 479. The van der Waals surface area contributed by atoms with E-state index in [1.807, 2.05) is 17.6 Å². The molecule has 0 bridgehead atoms. The zero-order valence-corrected chi connectivity index (χ0v) is 9.07. The smallest absolute Gasteiger partial charge is 0.141 e. The Kier molecular flexibility index (Phi) is 2.64. The van der Waals surface area contributed by atoms with Crippen LogP contribution in [0.1, 0.15) is 6.92 Å². The van der Waals surface area contributed by atoms with Crippen molar-refractivity contribution in [2.24, 2.45) is 0 Å². The maximum absolute atomic E-state index is 9.37. The zero-order chi connectivity index (χ0) is 10.8. The van der Waals surface area contributed by atoms with Crippen molar-refractivity contribution >= 4 is 11.6 Å². The van der Waals surface area contributed by atoms with Crippen molar-refractivity contribution in [2.45, 2.75) is 13.5 Å². The molecule has 0 radical (unpaired) electrons. The van der Waals surface area contributed by atoms with Gasteiger partial charge in [-0.25, -0.2) is 4.98 Å². The van der Waals surface area contributed by atoms with Gasteiger partial charge in [-0.15, -0.1) is 0 Å². The molecule has 3 nitrogen and oxygen atoms in total. The normalized spacial score (nSPS) is 10.5. The van der Waals surface area contributed by atoms with Crippen LogP contribution in [0.5, 0.6) is 5.75 Å². The highest BCUT2D eigenvalue weighted by atomic mass is 35.5. The first kappa shape index (κ1) is 10.1.